The third-order valence-electron chi connectivity index (χ3n) is 3.54. The van der Waals surface area contributed by atoms with Crippen molar-refractivity contribution in [2.45, 2.75) is 6.92 Å². The second-order valence-electron chi connectivity index (χ2n) is 4.93. The van der Waals surface area contributed by atoms with E-state index in [9.17, 15) is 4.79 Å². The molecule has 3 nitrogen and oxygen atoms in total. The van der Waals surface area contributed by atoms with E-state index in [-0.39, 0.29) is 0 Å². The average Bonchev–Trinajstić information content (AvgIpc) is 2.84. The van der Waals surface area contributed by atoms with E-state index in [1.165, 1.54) is 0 Å². The fourth-order valence-electron chi connectivity index (χ4n) is 2.54. The summed E-state index contributed by atoms with van der Waals surface area (Å²) in [4.78, 5) is 14.9. The monoisotopic (exact) mass is 343 g/mol. The van der Waals surface area contributed by atoms with Gasteiger partial charge in [-0.25, -0.2) is 0 Å². The lowest BCUT2D eigenvalue weighted by atomic mass is 10.0. The largest absolute Gasteiger partial charge is 0.496 e. The van der Waals surface area contributed by atoms with Gasteiger partial charge >= 0.3 is 0 Å². The molecule has 0 aliphatic rings. The SMILES string of the molecule is COc1ccc(C)cc1-c1[nH]c2ccc(Br)cc2c1C=O. The molecule has 0 bridgehead atoms. The van der Waals surface area contributed by atoms with Gasteiger partial charge in [-0.2, -0.15) is 0 Å². The van der Waals surface area contributed by atoms with Gasteiger partial charge in [0.1, 0.15) is 5.75 Å². The van der Waals surface area contributed by atoms with Crippen molar-refractivity contribution < 1.29 is 9.53 Å². The van der Waals surface area contributed by atoms with Gasteiger partial charge in [0.25, 0.3) is 0 Å². The van der Waals surface area contributed by atoms with Crippen LogP contribution >= 0.6 is 15.9 Å². The van der Waals surface area contributed by atoms with Crippen molar-refractivity contribution in [1.29, 1.82) is 0 Å². The van der Waals surface area contributed by atoms with E-state index in [0.29, 0.717) is 5.56 Å². The Balaban J connectivity index is 2.35. The zero-order valence-electron chi connectivity index (χ0n) is 11.7. The van der Waals surface area contributed by atoms with E-state index >= 15 is 0 Å². The number of methoxy groups -OCH3 is 1. The molecule has 0 aliphatic carbocycles. The minimum absolute atomic E-state index is 0.648. The predicted molar refractivity (Wildman–Crippen MR) is 88.1 cm³/mol. The molecule has 0 atom stereocenters. The molecular formula is C17H14BrNO2. The summed E-state index contributed by atoms with van der Waals surface area (Å²) in [5.74, 6) is 0.745. The van der Waals surface area contributed by atoms with Gasteiger partial charge in [0.05, 0.1) is 12.8 Å². The Morgan fingerprint density at radius 2 is 2.00 bits per heavy atom. The second kappa shape index (κ2) is 5.37. The van der Waals surface area contributed by atoms with Crippen LogP contribution in [-0.4, -0.2) is 18.4 Å². The van der Waals surface area contributed by atoms with Crippen LogP contribution in [0.1, 0.15) is 15.9 Å². The van der Waals surface area contributed by atoms with Gasteiger partial charge in [0, 0.05) is 26.5 Å². The minimum atomic E-state index is 0.648. The summed E-state index contributed by atoms with van der Waals surface area (Å²) in [6.07, 6.45) is 0.891. The molecule has 21 heavy (non-hydrogen) atoms. The molecular weight excluding hydrogens is 330 g/mol. The van der Waals surface area contributed by atoms with Gasteiger partial charge in [0.2, 0.25) is 0 Å². The summed E-state index contributed by atoms with van der Waals surface area (Å²) in [6, 6.07) is 11.8. The van der Waals surface area contributed by atoms with Gasteiger partial charge in [-0.3, -0.25) is 4.79 Å². The van der Waals surface area contributed by atoms with Crippen molar-refractivity contribution in [3.63, 3.8) is 0 Å². The lowest BCUT2D eigenvalue weighted by Crippen LogP contribution is -1.91. The summed E-state index contributed by atoms with van der Waals surface area (Å²) in [5.41, 5.74) is 4.38. The Hall–Kier alpha value is -2.07. The molecule has 2 aromatic carbocycles. The molecule has 3 rings (SSSR count). The number of fused-ring (bicyclic) bond motifs is 1. The zero-order valence-corrected chi connectivity index (χ0v) is 13.3. The lowest BCUT2D eigenvalue weighted by Gasteiger charge is -2.08. The molecule has 1 aromatic heterocycles. The summed E-state index contributed by atoms with van der Waals surface area (Å²) < 4.78 is 6.37. The molecule has 0 aliphatic heterocycles. The molecule has 3 aromatic rings. The number of aromatic nitrogens is 1. The molecule has 4 heteroatoms. The topological polar surface area (TPSA) is 42.1 Å². The van der Waals surface area contributed by atoms with Gasteiger partial charge in [-0.1, -0.05) is 27.6 Å². The van der Waals surface area contributed by atoms with Crippen LogP contribution in [0.25, 0.3) is 22.2 Å². The number of hydrogen-bond acceptors (Lipinski definition) is 2. The molecule has 0 saturated carbocycles. The number of halogens is 1. The van der Waals surface area contributed by atoms with Crippen molar-refractivity contribution in [3.8, 4) is 17.0 Å². The van der Waals surface area contributed by atoms with Crippen LogP contribution in [0.3, 0.4) is 0 Å². The van der Waals surface area contributed by atoms with Crippen LogP contribution in [0, 0.1) is 6.92 Å². The maximum atomic E-state index is 11.6. The molecule has 0 amide bonds. The first kappa shape index (κ1) is 13.9. The number of benzene rings is 2. The number of aldehydes is 1. The highest BCUT2D eigenvalue weighted by Crippen LogP contribution is 2.36. The highest BCUT2D eigenvalue weighted by Gasteiger charge is 2.16. The van der Waals surface area contributed by atoms with Gasteiger partial charge < -0.3 is 9.72 Å². The average molecular weight is 344 g/mol. The van der Waals surface area contributed by atoms with Crippen molar-refractivity contribution in [2.75, 3.05) is 7.11 Å². The predicted octanol–water partition coefficient (Wildman–Crippen LogP) is 4.73. The smallest absolute Gasteiger partial charge is 0.152 e. The van der Waals surface area contributed by atoms with Crippen LogP contribution in [-0.2, 0) is 0 Å². The summed E-state index contributed by atoms with van der Waals surface area (Å²) in [7, 11) is 1.63. The van der Waals surface area contributed by atoms with E-state index in [4.69, 9.17) is 4.74 Å². The van der Waals surface area contributed by atoms with Crippen molar-refractivity contribution in [2.24, 2.45) is 0 Å². The number of hydrogen-bond donors (Lipinski definition) is 1. The fourth-order valence-corrected chi connectivity index (χ4v) is 2.90. The number of carbonyl (C=O) groups is 1. The van der Waals surface area contributed by atoms with Crippen LogP contribution < -0.4 is 4.74 Å². The summed E-state index contributed by atoms with van der Waals surface area (Å²) in [5, 5.41) is 0.901. The summed E-state index contributed by atoms with van der Waals surface area (Å²) in [6.45, 7) is 2.02. The molecule has 0 spiro atoms. The fraction of sp³-hybridized carbons (Fsp3) is 0.118. The minimum Gasteiger partial charge on any atom is -0.496 e. The van der Waals surface area contributed by atoms with E-state index in [1.54, 1.807) is 7.11 Å². The van der Waals surface area contributed by atoms with E-state index in [0.717, 1.165) is 44.2 Å². The van der Waals surface area contributed by atoms with Crippen molar-refractivity contribution in [3.05, 3.63) is 52.0 Å². The Kier molecular flexibility index (Phi) is 3.55. The van der Waals surface area contributed by atoms with Gasteiger partial charge in [0.15, 0.2) is 6.29 Å². The van der Waals surface area contributed by atoms with Gasteiger partial charge in [-0.05, 0) is 37.3 Å². The van der Waals surface area contributed by atoms with Gasteiger partial charge in [-0.15, -0.1) is 0 Å². The standard InChI is InChI=1S/C17H14BrNO2/c1-10-3-6-16(21-2)13(7-10)17-14(9-20)12-8-11(18)4-5-15(12)19-17/h3-9,19H,1-2H3. The van der Waals surface area contributed by atoms with Crippen LogP contribution in [0.4, 0.5) is 0 Å². The highest BCUT2D eigenvalue weighted by atomic mass is 79.9. The molecule has 1 heterocycles. The Morgan fingerprint density at radius 1 is 1.19 bits per heavy atom. The third-order valence-corrected chi connectivity index (χ3v) is 4.04. The Labute approximate surface area is 131 Å². The Morgan fingerprint density at radius 3 is 2.71 bits per heavy atom. The number of aryl methyl sites for hydroxylation is 1. The van der Waals surface area contributed by atoms with E-state index in [1.807, 2.05) is 43.3 Å². The number of nitrogens with one attached hydrogen (secondary N) is 1. The number of rotatable bonds is 3. The third kappa shape index (κ3) is 2.36. The quantitative estimate of drug-likeness (QED) is 0.698. The van der Waals surface area contributed by atoms with Crippen LogP contribution in [0.15, 0.2) is 40.9 Å². The first-order chi connectivity index (χ1) is 10.1. The van der Waals surface area contributed by atoms with Crippen molar-refractivity contribution >= 4 is 33.1 Å². The number of carbonyl (C=O) groups excluding carboxylic acids is 1. The zero-order chi connectivity index (χ0) is 15.0. The first-order valence-electron chi connectivity index (χ1n) is 6.55. The maximum Gasteiger partial charge on any atom is 0.152 e. The molecule has 106 valence electrons. The molecule has 0 radical (unpaired) electrons. The summed E-state index contributed by atoms with van der Waals surface area (Å²) >= 11 is 3.45. The molecule has 0 unspecified atom stereocenters. The number of H-pyrrole nitrogens is 1. The number of aromatic amines is 1. The Bertz CT molecular complexity index is 836. The van der Waals surface area contributed by atoms with Crippen LogP contribution in [0.2, 0.25) is 0 Å². The molecule has 1 N–H and O–H groups in total. The highest BCUT2D eigenvalue weighted by molar-refractivity contribution is 9.10. The first-order valence-corrected chi connectivity index (χ1v) is 7.34. The molecule has 0 saturated heterocycles. The van der Waals surface area contributed by atoms with Crippen LogP contribution in [0.5, 0.6) is 5.75 Å². The maximum absolute atomic E-state index is 11.6. The van der Waals surface area contributed by atoms with E-state index in [2.05, 4.69) is 20.9 Å². The second-order valence-corrected chi connectivity index (χ2v) is 5.84. The lowest BCUT2D eigenvalue weighted by molar-refractivity contribution is 0.112. The normalized spacial score (nSPS) is 10.8. The van der Waals surface area contributed by atoms with E-state index < -0.39 is 0 Å². The van der Waals surface area contributed by atoms with Crippen molar-refractivity contribution in [1.82, 2.24) is 4.98 Å². The number of ether oxygens (including phenoxy) is 1. The molecule has 0 fully saturated rings.